The molecular formula is C22H17NO5. The van der Waals surface area contributed by atoms with E-state index >= 15 is 0 Å². The summed E-state index contributed by atoms with van der Waals surface area (Å²) in [6, 6.07) is 21.1. The van der Waals surface area contributed by atoms with Crippen molar-refractivity contribution in [1.82, 2.24) is 0 Å². The quantitative estimate of drug-likeness (QED) is 0.227. The number of carbonyl (C=O) groups is 2. The van der Waals surface area contributed by atoms with Crippen LogP contribution in [0.15, 0.2) is 84.9 Å². The number of quaternary nitrogens is 1. The lowest BCUT2D eigenvalue weighted by molar-refractivity contribution is -0.991. The van der Waals surface area contributed by atoms with E-state index < -0.39 is 11.2 Å². The van der Waals surface area contributed by atoms with Gasteiger partial charge in [0.2, 0.25) is 0 Å². The fraction of sp³-hybridized carbons (Fsp3) is 0. The third-order valence-electron chi connectivity index (χ3n) is 3.96. The van der Waals surface area contributed by atoms with Crippen LogP contribution >= 0.6 is 0 Å². The van der Waals surface area contributed by atoms with Crippen LogP contribution in [-0.4, -0.2) is 17.0 Å². The number of para-hydroxylation sites is 1. The summed E-state index contributed by atoms with van der Waals surface area (Å²) in [6.45, 7) is 0. The molecule has 6 nitrogen and oxygen atoms in total. The molecular weight excluding hydrogens is 358 g/mol. The summed E-state index contributed by atoms with van der Waals surface area (Å²) in [5, 5.41) is 18.7. The third-order valence-corrected chi connectivity index (χ3v) is 3.96. The van der Waals surface area contributed by atoms with Crippen LogP contribution in [0.2, 0.25) is 0 Å². The lowest BCUT2D eigenvalue weighted by atomic mass is 10.1. The van der Waals surface area contributed by atoms with Crippen molar-refractivity contribution in [3.8, 4) is 5.75 Å². The summed E-state index contributed by atoms with van der Waals surface area (Å²) < 4.78 is 5.42. The average Bonchev–Trinajstić information content (AvgIpc) is 2.73. The number of hydrogen-bond acceptors (Lipinski definition) is 5. The van der Waals surface area contributed by atoms with E-state index in [1.165, 1.54) is 30.3 Å². The highest BCUT2D eigenvalue weighted by molar-refractivity contribution is 6.07. The van der Waals surface area contributed by atoms with Gasteiger partial charge in [0, 0.05) is 23.3 Å². The second-order valence-corrected chi connectivity index (χ2v) is 5.87. The molecule has 0 spiro atoms. The van der Waals surface area contributed by atoms with Crippen LogP contribution in [0.5, 0.6) is 5.75 Å². The number of esters is 1. The second kappa shape index (κ2) is 8.88. The van der Waals surface area contributed by atoms with E-state index in [1.807, 2.05) is 6.07 Å². The van der Waals surface area contributed by atoms with E-state index in [4.69, 9.17) is 9.94 Å². The highest BCUT2D eigenvalue weighted by Crippen LogP contribution is 2.21. The molecule has 0 fully saturated rings. The summed E-state index contributed by atoms with van der Waals surface area (Å²) in [5.74, 6) is -0.481. The molecule has 0 aliphatic heterocycles. The van der Waals surface area contributed by atoms with Gasteiger partial charge in [0.15, 0.2) is 11.5 Å². The summed E-state index contributed by atoms with van der Waals surface area (Å²) in [6.07, 6.45) is 3.01. The average molecular weight is 375 g/mol. The minimum absolute atomic E-state index is 0.0827. The molecule has 0 saturated carbocycles. The maximum Gasteiger partial charge on any atom is 0.343 e. The van der Waals surface area contributed by atoms with Gasteiger partial charge in [-0.1, -0.05) is 48.5 Å². The third kappa shape index (κ3) is 4.77. The number of ether oxygens (including phenoxy) is 1. The van der Waals surface area contributed by atoms with Gasteiger partial charge in [0.1, 0.15) is 5.75 Å². The molecule has 0 amide bonds. The molecule has 0 radical (unpaired) electrons. The Hall–Kier alpha value is -3.58. The number of carbonyl (C=O) groups excluding carboxylic acids is 2. The molecule has 0 aliphatic carbocycles. The zero-order valence-electron chi connectivity index (χ0n) is 14.7. The van der Waals surface area contributed by atoms with Crippen LogP contribution in [0.1, 0.15) is 26.3 Å². The molecule has 0 heterocycles. The van der Waals surface area contributed by atoms with E-state index in [-0.39, 0.29) is 17.0 Å². The van der Waals surface area contributed by atoms with Crippen LogP contribution in [0.3, 0.4) is 0 Å². The van der Waals surface area contributed by atoms with E-state index in [0.717, 1.165) is 0 Å². The first-order chi connectivity index (χ1) is 13.5. The van der Waals surface area contributed by atoms with Gasteiger partial charge in [0.05, 0.1) is 5.56 Å². The highest BCUT2D eigenvalue weighted by atomic mass is 16.8. The summed E-state index contributed by atoms with van der Waals surface area (Å²) in [4.78, 5) is 24.6. The molecule has 3 aromatic rings. The number of allylic oxidation sites excluding steroid dienone is 1. The Balaban J connectivity index is 1.75. The lowest BCUT2D eigenvalue weighted by Gasteiger charge is -2.11. The molecule has 0 saturated heterocycles. The molecule has 0 bridgehead atoms. The van der Waals surface area contributed by atoms with Gasteiger partial charge in [-0.2, -0.15) is 5.23 Å². The van der Waals surface area contributed by atoms with Crippen LogP contribution in [0, 0.1) is 5.21 Å². The number of nitrogens with one attached hydrogen (secondary N) is 1. The SMILES string of the molecule is O=C(C=Cc1ccccc1OC(=O)c1ccc([NH+]([O-])O)cc1)c1ccccc1. The molecule has 6 heteroatoms. The van der Waals surface area contributed by atoms with Gasteiger partial charge in [0.25, 0.3) is 0 Å². The van der Waals surface area contributed by atoms with Crippen molar-refractivity contribution < 1.29 is 24.8 Å². The molecule has 3 aromatic carbocycles. The Labute approximate surface area is 161 Å². The van der Waals surface area contributed by atoms with Gasteiger partial charge in [-0.3, -0.25) is 4.79 Å². The zero-order valence-corrected chi connectivity index (χ0v) is 14.7. The molecule has 140 valence electrons. The lowest BCUT2D eigenvalue weighted by Crippen LogP contribution is -2.99. The molecule has 28 heavy (non-hydrogen) atoms. The van der Waals surface area contributed by atoms with Gasteiger partial charge in [-0.25, -0.2) is 10.0 Å². The van der Waals surface area contributed by atoms with Gasteiger partial charge >= 0.3 is 5.97 Å². The monoisotopic (exact) mass is 375 g/mol. The maximum atomic E-state index is 12.3. The maximum absolute atomic E-state index is 12.3. The van der Waals surface area contributed by atoms with Crippen molar-refractivity contribution in [1.29, 1.82) is 0 Å². The van der Waals surface area contributed by atoms with Crippen molar-refractivity contribution in [2.24, 2.45) is 0 Å². The van der Waals surface area contributed by atoms with Crippen molar-refractivity contribution in [2.75, 3.05) is 0 Å². The Kier molecular flexibility index (Phi) is 6.08. The fourth-order valence-corrected chi connectivity index (χ4v) is 2.48. The standard InChI is InChI=1S/C22H17NO5/c24-20(16-6-2-1-3-7-16)15-12-17-8-4-5-9-21(17)28-22(25)18-10-13-19(14-11-18)23(26)27/h1-15,23,26H. The van der Waals surface area contributed by atoms with Crippen molar-refractivity contribution in [2.45, 2.75) is 0 Å². The first-order valence-electron chi connectivity index (χ1n) is 8.46. The molecule has 1 atom stereocenters. The van der Waals surface area contributed by atoms with Crippen LogP contribution < -0.4 is 9.96 Å². The van der Waals surface area contributed by atoms with Crippen molar-refractivity contribution in [3.63, 3.8) is 0 Å². The fourth-order valence-electron chi connectivity index (χ4n) is 2.48. The van der Waals surface area contributed by atoms with Gasteiger partial charge in [-0.15, -0.1) is 0 Å². The number of benzene rings is 3. The minimum atomic E-state index is -1.07. The molecule has 0 aromatic heterocycles. The predicted molar refractivity (Wildman–Crippen MR) is 103 cm³/mol. The number of rotatable bonds is 6. The van der Waals surface area contributed by atoms with E-state index in [9.17, 15) is 14.8 Å². The van der Waals surface area contributed by atoms with E-state index in [0.29, 0.717) is 16.9 Å². The summed E-state index contributed by atoms with van der Waals surface area (Å²) >= 11 is 0. The Bertz CT molecular complexity index is 995. The topological polar surface area (TPSA) is 91.1 Å². The minimum Gasteiger partial charge on any atom is -0.595 e. The van der Waals surface area contributed by atoms with E-state index in [1.54, 1.807) is 54.6 Å². The first kappa shape index (κ1) is 19.2. The first-order valence-corrected chi connectivity index (χ1v) is 8.46. The predicted octanol–water partition coefficient (Wildman–Crippen LogP) is 3.21. The summed E-state index contributed by atoms with van der Waals surface area (Å²) in [7, 11) is 0. The van der Waals surface area contributed by atoms with Gasteiger partial charge < -0.3 is 9.94 Å². The largest absolute Gasteiger partial charge is 0.595 e. The zero-order chi connectivity index (χ0) is 19.9. The highest BCUT2D eigenvalue weighted by Gasteiger charge is 2.12. The van der Waals surface area contributed by atoms with Crippen molar-refractivity contribution in [3.05, 3.63) is 107 Å². The Morgan fingerprint density at radius 2 is 1.50 bits per heavy atom. The van der Waals surface area contributed by atoms with Crippen LogP contribution in [0.4, 0.5) is 5.69 Å². The number of hydrogen-bond donors (Lipinski definition) is 2. The van der Waals surface area contributed by atoms with Crippen LogP contribution in [0.25, 0.3) is 6.08 Å². The smallest absolute Gasteiger partial charge is 0.343 e. The second-order valence-electron chi connectivity index (χ2n) is 5.87. The summed E-state index contributed by atoms with van der Waals surface area (Å²) in [5.41, 5.74) is 1.44. The molecule has 3 rings (SSSR count). The molecule has 1 unspecified atom stereocenters. The van der Waals surface area contributed by atoms with E-state index in [2.05, 4.69) is 0 Å². The van der Waals surface area contributed by atoms with Crippen molar-refractivity contribution >= 4 is 23.5 Å². The Morgan fingerprint density at radius 3 is 2.18 bits per heavy atom. The molecule has 0 aliphatic rings. The van der Waals surface area contributed by atoms with Gasteiger partial charge in [-0.05, 0) is 30.4 Å². The Morgan fingerprint density at radius 1 is 0.857 bits per heavy atom. The number of ketones is 1. The molecule has 2 N–H and O–H groups in total. The van der Waals surface area contributed by atoms with Crippen LogP contribution in [-0.2, 0) is 0 Å². The normalized spacial score (nSPS) is 11.9.